The predicted molar refractivity (Wildman–Crippen MR) is 132 cm³/mol. The van der Waals surface area contributed by atoms with E-state index >= 15 is 0 Å². The van der Waals surface area contributed by atoms with Gasteiger partial charge in [0, 0.05) is 19.3 Å². The van der Waals surface area contributed by atoms with Crippen LogP contribution in [0.3, 0.4) is 0 Å². The number of nitrogens with zero attached hydrogens (tertiary/aromatic N) is 4. The molecule has 0 radical (unpaired) electrons. The molecule has 0 atom stereocenters. The Labute approximate surface area is 190 Å². The summed E-state index contributed by atoms with van der Waals surface area (Å²) in [5, 5.41) is 0. The van der Waals surface area contributed by atoms with E-state index in [-0.39, 0.29) is 0 Å². The van der Waals surface area contributed by atoms with E-state index in [1.54, 1.807) is 0 Å². The van der Waals surface area contributed by atoms with Crippen molar-refractivity contribution in [1.29, 1.82) is 0 Å². The topological polar surface area (TPSA) is 42.7 Å². The number of hydrogen-bond acceptors (Lipinski definition) is 4. The van der Waals surface area contributed by atoms with Gasteiger partial charge in [0.15, 0.2) is 0 Å². The number of imidazole rings is 1. The Kier molecular flexibility index (Phi) is 7.31. The SMILES string of the molecule is CCN(CC)CCn1c(/N=C/c2ccc(OCc3ccccc3)cc2)nc2ccccc21. The molecule has 0 amide bonds. The molecule has 0 fully saturated rings. The molecular weight excluding hydrogens is 396 g/mol. The van der Waals surface area contributed by atoms with E-state index in [4.69, 9.17) is 14.7 Å². The Morgan fingerprint density at radius 3 is 2.38 bits per heavy atom. The molecule has 0 aliphatic rings. The van der Waals surface area contributed by atoms with Crippen LogP contribution in [-0.2, 0) is 13.2 Å². The van der Waals surface area contributed by atoms with Gasteiger partial charge in [-0.1, -0.05) is 56.3 Å². The highest BCUT2D eigenvalue weighted by atomic mass is 16.5. The van der Waals surface area contributed by atoms with Crippen molar-refractivity contribution in [3.8, 4) is 5.75 Å². The van der Waals surface area contributed by atoms with Crippen LogP contribution in [0.25, 0.3) is 11.0 Å². The van der Waals surface area contributed by atoms with Crippen LogP contribution in [0.4, 0.5) is 5.95 Å². The van der Waals surface area contributed by atoms with Crippen LogP contribution in [0.15, 0.2) is 83.9 Å². The monoisotopic (exact) mass is 426 g/mol. The van der Waals surface area contributed by atoms with Gasteiger partial charge in [-0.25, -0.2) is 9.98 Å². The molecule has 3 aromatic carbocycles. The fourth-order valence-electron chi connectivity index (χ4n) is 3.69. The summed E-state index contributed by atoms with van der Waals surface area (Å²) in [5.41, 5.74) is 4.27. The maximum absolute atomic E-state index is 5.88. The molecule has 5 heteroatoms. The van der Waals surface area contributed by atoms with Crippen molar-refractivity contribution in [3.63, 3.8) is 0 Å². The van der Waals surface area contributed by atoms with Crippen LogP contribution in [0.1, 0.15) is 25.0 Å². The zero-order valence-corrected chi connectivity index (χ0v) is 18.8. The second kappa shape index (κ2) is 10.7. The third kappa shape index (κ3) is 5.42. The maximum atomic E-state index is 5.88. The van der Waals surface area contributed by atoms with Gasteiger partial charge in [-0.2, -0.15) is 0 Å². The van der Waals surface area contributed by atoms with Gasteiger partial charge in [0.05, 0.1) is 11.0 Å². The van der Waals surface area contributed by atoms with Crippen molar-refractivity contribution < 1.29 is 4.74 Å². The van der Waals surface area contributed by atoms with Crippen LogP contribution in [0, 0.1) is 0 Å². The minimum absolute atomic E-state index is 0.560. The molecule has 4 rings (SSSR count). The molecule has 0 aliphatic heterocycles. The van der Waals surface area contributed by atoms with Gasteiger partial charge in [0.1, 0.15) is 12.4 Å². The molecular formula is C27H30N4O. The van der Waals surface area contributed by atoms with Crippen molar-refractivity contribution in [2.24, 2.45) is 4.99 Å². The van der Waals surface area contributed by atoms with Crippen LogP contribution >= 0.6 is 0 Å². The van der Waals surface area contributed by atoms with Crippen molar-refractivity contribution in [3.05, 3.63) is 90.0 Å². The number of rotatable bonds is 10. The summed E-state index contributed by atoms with van der Waals surface area (Å²) < 4.78 is 8.09. The summed E-state index contributed by atoms with van der Waals surface area (Å²) in [5.74, 6) is 1.58. The molecule has 0 saturated carbocycles. The zero-order valence-electron chi connectivity index (χ0n) is 18.8. The van der Waals surface area contributed by atoms with Gasteiger partial charge in [-0.3, -0.25) is 0 Å². The highest BCUT2D eigenvalue weighted by Crippen LogP contribution is 2.22. The molecule has 0 saturated heterocycles. The number of para-hydroxylation sites is 2. The van der Waals surface area contributed by atoms with Gasteiger partial charge in [0.2, 0.25) is 5.95 Å². The van der Waals surface area contributed by atoms with Gasteiger partial charge in [-0.05, 0) is 60.6 Å². The number of hydrogen-bond donors (Lipinski definition) is 0. The van der Waals surface area contributed by atoms with Gasteiger partial charge in [-0.15, -0.1) is 0 Å². The minimum atomic E-state index is 0.560. The summed E-state index contributed by atoms with van der Waals surface area (Å²) in [7, 11) is 0. The van der Waals surface area contributed by atoms with E-state index in [0.717, 1.165) is 60.0 Å². The fourth-order valence-corrected chi connectivity index (χ4v) is 3.69. The Balaban J connectivity index is 1.47. The summed E-state index contributed by atoms with van der Waals surface area (Å²) >= 11 is 0. The first-order valence-electron chi connectivity index (χ1n) is 11.2. The minimum Gasteiger partial charge on any atom is -0.489 e. The number of benzene rings is 3. The quantitative estimate of drug-likeness (QED) is 0.305. The largest absolute Gasteiger partial charge is 0.489 e. The predicted octanol–water partition coefficient (Wildman–Crippen LogP) is 5.71. The molecule has 32 heavy (non-hydrogen) atoms. The van der Waals surface area contributed by atoms with Crippen molar-refractivity contribution in [2.75, 3.05) is 19.6 Å². The molecule has 0 unspecified atom stereocenters. The van der Waals surface area contributed by atoms with E-state index in [9.17, 15) is 0 Å². The molecule has 5 nitrogen and oxygen atoms in total. The van der Waals surface area contributed by atoms with Crippen molar-refractivity contribution >= 4 is 23.2 Å². The fraction of sp³-hybridized carbons (Fsp3) is 0.259. The summed E-state index contributed by atoms with van der Waals surface area (Å²) in [6.45, 7) is 8.87. The van der Waals surface area contributed by atoms with Crippen LogP contribution < -0.4 is 4.74 Å². The Morgan fingerprint density at radius 1 is 0.906 bits per heavy atom. The molecule has 4 aromatic rings. The van der Waals surface area contributed by atoms with Gasteiger partial charge < -0.3 is 14.2 Å². The Bertz CT molecular complexity index is 1150. The third-order valence-corrected chi connectivity index (χ3v) is 5.63. The lowest BCUT2D eigenvalue weighted by Crippen LogP contribution is -2.26. The van der Waals surface area contributed by atoms with E-state index in [1.165, 1.54) is 0 Å². The van der Waals surface area contributed by atoms with Crippen LogP contribution in [0.2, 0.25) is 0 Å². The number of likely N-dealkylation sites (N-methyl/N-ethyl adjacent to an activating group) is 1. The standard InChI is InChI=1S/C27H30N4O/c1-3-30(4-2)18-19-31-26-13-9-8-12-25(26)29-27(31)28-20-22-14-16-24(17-15-22)32-21-23-10-6-5-7-11-23/h5-17,20H,3-4,18-19,21H2,1-2H3/b28-20+. The lowest BCUT2D eigenvalue weighted by molar-refractivity contribution is 0.292. The summed E-state index contributed by atoms with van der Waals surface area (Å²) in [6.07, 6.45) is 1.87. The number of ether oxygens (including phenoxy) is 1. The third-order valence-electron chi connectivity index (χ3n) is 5.63. The van der Waals surface area contributed by atoms with Gasteiger partial charge in [0.25, 0.3) is 0 Å². The maximum Gasteiger partial charge on any atom is 0.230 e. The molecule has 1 aromatic heterocycles. The first-order chi connectivity index (χ1) is 15.8. The molecule has 0 N–H and O–H groups in total. The first-order valence-corrected chi connectivity index (χ1v) is 11.2. The highest BCUT2D eigenvalue weighted by molar-refractivity contribution is 5.83. The number of fused-ring (bicyclic) bond motifs is 1. The molecule has 0 bridgehead atoms. The second-order valence-corrected chi connectivity index (χ2v) is 7.68. The van der Waals surface area contributed by atoms with E-state index in [2.05, 4.69) is 47.6 Å². The smallest absolute Gasteiger partial charge is 0.230 e. The lowest BCUT2D eigenvalue weighted by atomic mass is 10.2. The normalized spacial score (nSPS) is 11.6. The Morgan fingerprint density at radius 2 is 1.62 bits per heavy atom. The average molecular weight is 427 g/mol. The van der Waals surface area contributed by atoms with Crippen molar-refractivity contribution in [1.82, 2.24) is 14.5 Å². The first kappa shape index (κ1) is 21.8. The van der Waals surface area contributed by atoms with Gasteiger partial charge >= 0.3 is 0 Å². The highest BCUT2D eigenvalue weighted by Gasteiger charge is 2.10. The Hall–Kier alpha value is -3.44. The number of aliphatic imine (C=N–C) groups is 1. The van der Waals surface area contributed by atoms with E-state index in [0.29, 0.717) is 6.61 Å². The molecule has 164 valence electrons. The van der Waals surface area contributed by atoms with Crippen LogP contribution in [0.5, 0.6) is 5.75 Å². The van der Waals surface area contributed by atoms with Crippen molar-refractivity contribution in [2.45, 2.75) is 27.0 Å². The molecule has 0 spiro atoms. The zero-order chi connectivity index (χ0) is 22.2. The van der Waals surface area contributed by atoms with E-state index in [1.807, 2.05) is 60.8 Å². The van der Waals surface area contributed by atoms with E-state index < -0.39 is 0 Å². The molecule has 0 aliphatic carbocycles. The lowest BCUT2D eigenvalue weighted by Gasteiger charge is -2.18. The summed E-state index contributed by atoms with van der Waals surface area (Å²) in [4.78, 5) is 11.9. The number of aromatic nitrogens is 2. The second-order valence-electron chi connectivity index (χ2n) is 7.68. The van der Waals surface area contributed by atoms with Crippen LogP contribution in [-0.4, -0.2) is 40.3 Å². The average Bonchev–Trinajstić information content (AvgIpc) is 3.21. The summed E-state index contributed by atoms with van der Waals surface area (Å²) in [6, 6.07) is 26.4. The molecule has 1 heterocycles.